The quantitative estimate of drug-likeness (QED) is 0.713. The summed E-state index contributed by atoms with van der Waals surface area (Å²) < 4.78 is 0. The van der Waals surface area contributed by atoms with Crippen molar-refractivity contribution in [2.75, 3.05) is 10.6 Å². The molecule has 3 amide bonds. The van der Waals surface area contributed by atoms with Crippen molar-refractivity contribution in [2.24, 2.45) is 11.3 Å². The van der Waals surface area contributed by atoms with Crippen LogP contribution in [0.2, 0.25) is 0 Å². The fourth-order valence-corrected chi connectivity index (χ4v) is 3.96. The van der Waals surface area contributed by atoms with Gasteiger partial charge in [0.2, 0.25) is 17.7 Å². The first kappa shape index (κ1) is 19.4. The Balaban J connectivity index is 1.83. The van der Waals surface area contributed by atoms with Crippen LogP contribution in [0, 0.1) is 25.2 Å². The maximum Gasteiger partial charge on any atom is 0.238 e. The molecule has 6 heteroatoms. The van der Waals surface area contributed by atoms with Crippen LogP contribution in [0.25, 0.3) is 0 Å². The van der Waals surface area contributed by atoms with Gasteiger partial charge in [-0.1, -0.05) is 19.3 Å². The summed E-state index contributed by atoms with van der Waals surface area (Å²) in [6.45, 7) is 7.24. The van der Waals surface area contributed by atoms with Crippen LogP contribution in [0.15, 0.2) is 12.1 Å². The van der Waals surface area contributed by atoms with Crippen molar-refractivity contribution in [1.29, 1.82) is 0 Å². The van der Waals surface area contributed by atoms with E-state index in [0.29, 0.717) is 11.4 Å². The van der Waals surface area contributed by atoms with Crippen molar-refractivity contribution in [3.8, 4) is 0 Å². The molecule has 3 N–H and O–H groups in total. The van der Waals surface area contributed by atoms with E-state index < -0.39 is 23.1 Å². The molecule has 0 aromatic heterocycles. The summed E-state index contributed by atoms with van der Waals surface area (Å²) in [7, 11) is 0. The molecule has 1 aromatic rings. The average Bonchev–Trinajstić information content (AvgIpc) is 2.71. The maximum atomic E-state index is 12.9. The van der Waals surface area contributed by atoms with E-state index in [4.69, 9.17) is 0 Å². The van der Waals surface area contributed by atoms with E-state index in [0.717, 1.165) is 36.8 Å². The molecule has 146 valence electrons. The van der Waals surface area contributed by atoms with Crippen molar-refractivity contribution in [3.05, 3.63) is 23.3 Å². The van der Waals surface area contributed by atoms with E-state index >= 15 is 0 Å². The Kier molecular flexibility index (Phi) is 5.27. The topological polar surface area (TPSA) is 87.3 Å². The van der Waals surface area contributed by atoms with Gasteiger partial charge in [-0.05, 0) is 63.8 Å². The van der Waals surface area contributed by atoms with E-state index in [1.165, 1.54) is 6.42 Å². The number of rotatable bonds is 3. The number of hydrogen-bond acceptors (Lipinski definition) is 3. The highest BCUT2D eigenvalue weighted by Crippen LogP contribution is 2.36. The van der Waals surface area contributed by atoms with Gasteiger partial charge >= 0.3 is 0 Å². The Labute approximate surface area is 160 Å². The van der Waals surface area contributed by atoms with Crippen LogP contribution < -0.4 is 16.0 Å². The first-order valence-corrected chi connectivity index (χ1v) is 9.74. The molecule has 6 nitrogen and oxygen atoms in total. The number of amides is 3. The number of carbonyl (C=O) groups excluding carboxylic acids is 3. The van der Waals surface area contributed by atoms with Gasteiger partial charge in [-0.3, -0.25) is 14.4 Å². The minimum atomic E-state index is -1.16. The lowest BCUT2D eigenvalue weighted by atomic mass is 9.76. The van der Waals surface area contributed by atoms with Gasteiger partial charge < -0.3 is 16.0 Å². The summed E-state index contributed by atoms with van der Waals surface area (Å²) >= 11 is 0. The third-order valence-electron chi connectivity index (χ3n) is 5.92. The molecule has 27 heavy (non-hydrogen) atoms. The predicted molar refractivity (Wildman–Crippen MR) is 105 cm³/mol. The molecular formula is C21H29N3O3. The zero-order valence-corrected chi connectivity index (χ0v) is 16.6. The second-order valence-corrected chi connectivity index (χ2v) is 8.42. The number of nitrogens with one attached hydrogen (secondary N) is 3. The smallest absolute Gasteiger partial charge is 0.238 e. The SMILES string of the molecule is Cc1cc2c(cc1C)NC(=O)C(C(C)(C)C(=O)NC1CCCCC1)C(=O)N2. The maximum absolute atomic E-state index is 12.9. The highest BCUT2D eigenvalue weighted by atomic mass is 16.2. The molecule has 0 radical (unpaired) electrons. The second-order valence-electron chi connectivity index (χ2n) is 8.42. The van der Waals surface area contributed by atoms with Crippen LogP contribution in [0.3, 0.4) is 0 Å². The van der Waals surface area contributed by atoms with Crippen molar-refractivity contribution in [3.63, 3.8) is 0 Å². The van der Waals surface area contributed by atoms with Crippen LogP contribution in [0.4, 0.5) is 11.4 Å². The average molecular weight is 371 g/mol. The Morgan fingerprint density at radius 2 is 1.44 bits per heavy atom. The number of anilines is 2. The summed E-state index contributed by atoms with van der Waals surface area (Å²) in [5.41, 5.74) is 2.04. The fraction of sp³-hybridized carbons (Fsp3) is 0.571. The molecule has 0 atom stereocenters. The van der Waals surface area contributed by atoms with Gasteiger partial charge in [-0.15, -0.1) is 0 Å². The number of aryl methyl sites for hydroxylation is 2. The molecule has 1 saturated carbocycles. The molecule has 0 bridgehead atoms. The van der Waals surface area contributed by atoms with E-state index in [9.17, 15) is 14.4 Å². The van der Waals surface area contributed by atoms with Gasteiger partial charge in [0.1, 0.15) is 5.92 Å². The molecule has 1 aliphatic heterocycles. The molecule has 2 aliphatic rings. The molecule has 0 saturated heterocycles. The zero-order chi connectivity index (χ0) is 19.8. The Hall–Kier alpha value is -2.37. The first-order valence-electron chi connectivity index (χ1n) is 9.74. The van der Waals surface area contributed by atoms with Crippen LogP contribution in [0.1, 0.15) is 57.1 Å². The fourth-order valence-electron chi connectivity index (χ4n) is 3.96. The zero-order valence-electron chi connectivity index (χ0n) is 16.6. The molecular weight excluding hydrogens is 342 g/mol. The van der Waals surface area contributed by atoms with E-state index in [2.05, 4.69) is 16.0 Å². The predicted octanol–water partition coefficient (Wildman–Crippen LogP) is 3.29. The van der Waals surface area contributed by atoms with Crippen LogP contribution in [-0.2, 0) is 14.4 Å². The summed E-state index contributed by atoms with van der Waals surface area (Å²) in [5, 5.41) is 8.72. The molecule has 1 aromatic carbocycles. The normalized spacial score (nSPS) is 19.0. The Bertz CT molecular complexity index is 736. The van der Waals surface area contributed by atoms with Gasteiger partial charge in [0.25, 0.3) is 0 Å². The summed E-state index contributed by atoms with van der Waals surface area (Å²) in [5.74, 6) is -2.24. The summed E-state index contributed by atoms with van der Waals surface area (Å²) in [6, 6.07) is 3.82. The van der Waals surface area contributed by atoms with E-state index in [-0.39, 0.29) is 11.9 Å². The van der Waals surface area contributed by atoms with Gasteiger partial charge in [-0.2, -0.15) is 0 Å². The monoisotopic (exact) mass is 371 g/mol. The summed E-state index contributed by atoms with van der Waals surface area (Å²) in [4.78, 5) is 38.7. The third kappa shape index (κ3) is 3.84. The lowest BCUT2D eigenvalue weighted by Crippen LogP contribution is -2.52. The number of hydrogen-bond donors (Lipinski definition) is 3. The lowest BCUT2D eigenvalue weighted by Gasteiger charge is -2.32. The molecule has 3 rings (SSSR count). The van der Waals surface area contributed by atoms with E-state index in [1.807, 2.05) is 26.0 Å². The minimum Gasteiger partial charge on any atom is -0.353 e. The number of carbonyl (C=O) groups is 3. The molecule has 0 spiro atoms. The third-order valence-corrected chi connectivity index (χ3v) is 5.92. The Morgan fingerprint density at radius 3 is 1.93 bits per heavy atom. The number of fused-ring (bicyclic) bond motifs is 1. The van der Waals surface area contributed by atoms with Crippen molar-refractivity contribution in [2.45, 2.75) is 65.8 Å². The summed E-state index contributed by atoms with van der Waals surface area (Å²) in [6.07, 6.45) is 5.30. The first-order chi connectivity index (χ1) is 12.7. The van der Waals surface area contributed by atoms with Crippen molar-refractivity contribution >= 4 is 29.1 Å². The van der Waals surface area contributed by atoms with Gasteiger partial charge in [0.15, 0.2) is 0 Å². The molecule has 1 fully saturated rings. The molecule has 1 heterocycles. The lowest BCUT2D eigenvalue weighted by molar-refractivity contribution is -0.144. The van der Waals surface area contributed by atoms with Crippen molar-refractivity contribution in [1.82, 2.24) is 5.32 Å². The Morgan fingerprint density at radius 1 is 0.963 bits per heavy atom. The van der Waals surface area contributed by atoms with Gasteiger partial charge in [0.05, 0.1) is 16.8 Å². The highest BCUT2D eigenvalue weighted by Gasteiger charge is 2.47. The highest BCUT2D eigenvalue weighted by molar-refractivity contribution is 6.18. The largest absolute Gasteiger partial charge is 0.353 e. The van der Waals surface area contributed by atoms with Crippen LogP contribution >= 0.6 is 0 Å². The van der Waals surface area contributed by atoms with Gasteiger partial charge in [-0.25, -0.2) is 0 Å². The second kappa shape index (κ2) is 7.33. The van der Waals surface area contributed by atoms with Crippen LogP contribution in [-0.4, -0.2) is 23.8 Å². The molecule has 1 aliphatic carbocycles. The standard InChI is InChI=1S/C21H29N3O3/c1-12-10-15-16(11-13(12)2)24-19(26)17(18(25)23-15)21(3,4)20(27)22-14-8-6-5-7-9-14/h10-11,14,17H,5-9H2,1-4H3,(H,22,27)(H,23,25)(H,24,26). The van der Waals surface area contributed by atoms with Crippen LogP contribution in [0.5, 0.6) is 0 Å². The minimum absolute atomic E-state index is 0.130. The van der Waals surface area contributed by atoms with Crippen molar-refractivity contribution < 1.29 is 14.4 Å². The van der Waals surface area contributed by atoms with Gasteiger partial charge in [0, 0.05) is 6.04 Å². The molecule has 0 unspecified atom stereocenters. The van der Waals surface area contributed by atoms with E-state index in [1.54, 1.807) is 13.8 Å². The number of benzene rings is 1.